The maximum absolute atomic E-state index is 12.7. The monoisotopic (exact) mass is 367 g/mol. The molecule has 0 radical (unpaired) electrons. The molecule has 0 saturated carbocycles. The van der Waals surface area contributed by atoms with Gasteiger partial charge in [0.15, 0.2) is 0 Å². The van der Waals surface area contributed by atoms with Gasteiger partial charge < -0.3 is 9.88 Å². The Kier molecular flexibility index (Phi) is 4.22. The SMILES string of the molecule is O=C(c1ccc(Cl)cn1)N1CCc2c(nc(-c3cccnc3)[nH]c2=O)C1. The van der Waals surface area contributed by atoms with E-state index in [9.17, 15) is 9.59 Å². The number of nitrogens with one attached hydrogen (secondary N) is 1. The number of carbonyl (C=O) groups is 1. The van der Waals surface area contributed by atoms with Gasteiger partial charge in [-0.1, -0.05) is 11.6 Å². The molecule has 1 N–H and O–H groups in total. The summed E-state index contributed by atoms with van der Waals surface area (Å²) < 4.78 is 0. The van der Waals surface area contributed by atoms with Crippen molar-refractivity contribution >= 4 is 17.5 Å². The molecule has 0 atom stereocenters. The highest BCUT2D eigenvalue weighted by Crippen LogP contribution is 2.19. The average molecular weight is 368 g/mol. The van der Waals surface area contributed by atoms with Crippen LogP contribution in [0, 0.1) is 0 Å². The third kappa shape index (κ3) is 3.09. The zero-order chi connectivity index (χ0) is 18.1. The van der Waals surface area contributed by atoms with Crippen molar-refractivity contribution in [3.63, 3.8) is 0 Å². The number of hydrogen-bond acceptors (Lipinski definition) is 5. The number of nitrogens with zero attached hydrogens (tertiary/aromatic N) is 4. The first kappa shape index (κ1) is 16.4. The van der Waals surface area contributed by atoms with Crippen molar-refractivity contribution in [2.75, 3.05) is 6.54 Å². The molecule has 0 saturated heterocycles. The molecule has 1 aliphatic rings. The third-order valence-electron chi connectivity index (χ3n) is 4.24. The van der Waals surface area contributed by atoms with Crippen LogP contribution in [0.15, 0.2) is 47.7 Å². The van der Waals surface area contributed by atoms with Gasteiger partial charge in [-0.25, -0.2) is 9.97 Å². The normalized spacial score (nSPS) is 13.3. The Morgan fingerprint density at radius 1 is 1.23 bits per heavy atom. The summed E-state index contributed by atoms with van der Waals surface area (Å²) in [5, 5.41) is 0.472. The van der Waals surface area contributed by atoms with Crippen LogP contribution in [0.3, 0.4) is 0 Å². The number of aromatic amines is 1. The number of halogens is 1. The van der Waals surface area contributed by atoms with Gasteiger partial charge in [0.25, 0.3) is 11.5 Å². The number of hydrogen-bond donors (Lipinski definition) is 1. The molecule has 4 rings (SSSR count). The molecule has 3 aromatic heterocycles. The minimum atomic E-state index is -0.211. The van der Waals surface area contributed by atoms with Gasteiger partial charge in [0.05, 0.1) is 17.3 Å². The number of pyridine rings is 2. The summed E-state index contributed by atoms with van der Waals surface area (Å²) in [6.45, 7) is 0.697. The van der Waals surface area contributed by atoms with E-state index in [1.807, 2.05) is 6.07 Å². The van der Waals surface area contributed by atoms with Gasteiger partial charge in [-0.05, 0) is 30.7 Å². The van der Waals surface area contributed by atoms with Gasteiger partial charge in [-0.15, -0.1) is 0 Å². The summed E-state index contributed by atoms with van der Waals surface area (Å²) in [6, 6.07) is 6.81. The zero-order valence-electron chi connectivity index (χ0n) is 13.6. The van der Waals surface area contributed by atoms with E-state index in [0.29, 0.717) is 40.8 Å². The Morgan fingerprint density at radius 2 is 2.12 bits per heavy atom. The summed E-state index contributed by atoms with van der Waals surface area (Å²) in [5.74, 6) is 0.234. The molecule has 1 aliphatic heterocycles. The van der Waals surface area contributed by atoms with E-state index in [1.54, 1.807) is 35.5 Å². The molecule has 0 fully saturated rings. The predicted octanol–water partition coefficient (Wildman–Crippen LogP) is 2.08. The van der Waals surface area contributed by atoms with Gasteiger partial charge in [-0.3, -0.25) is 14.6 Å². The lowest BCUT2D eigenvalue weighted by molar-refractivity contribution is 0.0725. The van der Waals surface area contributed by atoms with Gasteiger partial charge in [0.1, 0.15) is 11.5 Å². The fourth-order valence-corrected chi connectivity index (χ4v) is 3.03. The smallest absolute Gasteiger partial charge is 0.272 e. The second-order valence-corrected chi connectivity index (χ2v) is 6.36. The summed E-state index contributed by atoms with van der Waals surface area (Å²) in [7, 11) is 0. The van der Waals surface area contributed by atoms with Crippen molar-refractivity contribution in [2.45, 2.75) is 13.0 Å². The highest BCUT2D eigenvalue weighted by Gasteiger charge is 2.26. The standard InChI is InChI=1S/C18H14ClN5O2/c19-12-3-4-14(21-9-12)18(26)24-7-5-13-15(10-24)22-16(23-17(13)25)11-2-1-6-20-8-11/h1-4,6,8-9H,5,7,10H2,(H,22,23,25). The van der Waals surface area contributed by atoms with Crippen molar-refractivity contribution in [1.82, 2.24) is 24.8 Å². The highest BCUT2D eigenvalue weighted by atomic mass is 35.5. The molecule has 0 unspecified atom stereocenters. The lowest BCUT2D eigenvalue weighted by atomic mass is 10.1. The fraction of sp³-hybridized carbons (Fsp3) is 0.167. The van der Waals surface area contributed by atoms with Crippen LogP contribution in [0.2, 0.25) is 5.02 Å². The molecule has 130 valence electrons. The molecule has 0 bridgehead atoms. The lowest BCUT2D eigenvalue weighted by Crippen LogP contribution is -2.39. The molecule has 1 amide bonds. The maximum Gasteiger partial charge on any atom is 0.272 e. The predicted molar refractivity (Wildman–Crippen MR) is 95.8 cm³/mol. The zero-order valence-corrected chi connectivity index (χ0v) is 14.4. The number of fused-ring (bicyclic) bond motifs is 1. The van der Waals surface area contributed by atoms with Crippen molar-refractivity contribution in [2.24, 2.45) is 0 Å². The average Bonchev–Trinajstić information content (AvgIpc) is 2.68. The van der Waals surface area contributed by atoms with E-state index in [-0.39, 0.29) is 18.0 Å². The van der Waals surface area contributed by atoms with Crippen LogP contribution in [0.1, 0.15) is 21.7 Å². The summed E-state index contributed by atoms with van der Waals surface area (Å²) in [5.41, 5.74) is 2.07. The van der Waals surface area contributed by atoms with Crippen molar-refractivity contribution in [1.29, 1.82) is 0 Å². The van der Waals surface area contributed by atoms with E-state index in [0.717, 1.165) is 5.56 Å². The molecule has 4 heterocycles. The molecule has 8 heteroatoms. The van der Waals surface area contributed by atoms with Crippen molar-refractivity contribution in [3.8, 4) is 11.4 Å². The maximum atomic E-state index is 12.7. The van der Waals surface area contributed by atoms with Crippen LogP contribution in [0.4, 0.5) is 0 Å². The van der Waals surface area contributed by atoms with E-state index in [2.05, 4.69) is 19.9 Å². The van der Waals surface area contributed by atoms with Gasteiger partial charge in [0, 0.05) is 36.3 Å². The number of amides is 1. The molecular formula is C18H14ClN5O2. The van der Waals surface area contributed by atoms with Crippen molar-refractivity contribution in [3.05, 3.63) is 75.2 Å². The molecule has 0 aliphatic carbocycles. The van der Waals surface area contributed by atoms with Crippen LogP contribution in [0.5, 0.6) is 0 Å². The van der Waals surface area contributed by atoms with Gasteiger partial charge >= 0.3 is 0 Å². The van der Waals surface area contributed by atoms with E-state index >= 15 is 0 Å². The number of carbonyl (C=O) groups excluding carboxylic acids is 1. The molecule has 3 aromatic rings. The van der Waals surface area contributed by atoms with Crippen LogP contribution in [-0.2, 0) is 13.0 Å². The summed E-state index contributed by atoms with van der Waals surface area (Å²) >= 11 is 5.82. The summed E-state index contributed by atoms with van der Waals surface area (Å²) in [6.07, 6.45) is 5.17. The lowest BCUT2D eigenvalue weighted by Gasteiger charge is -2.27. The fourth-order valence-electron chi connectivity index (χ4n) is 2.92. The van der Waals surface area contributed by atoms with Crippen LogP contribution < -0.4 is 5.56 Å². The number of H-pyrrole nitrogens is 1. The molecular weight excluding hydrogens is 354 g/mol. The minimum absolute atomic E-state index is 0.175. The Balaban J connectivity index is 1.65. The van der Waals surface area contributed by atoms with Crippen molar-refractivity contribution < 1.29 is 4.79 Å². The first-order valence-corrected chi connectivity index (χ1v) is 8.43. The Morgan fingerprint density at radius 3 is 2.85 bits per heavy atom. The van der Waals surface area contributed by atoms with E-state index in [4.69, 9.17) is 11.6 Å². The van der Waals surface area contributed by atoms with Gasteiger partial charge in [-0.2, -0.15) is 0 Å². The number of rotatable bonds is 2. The van der Waals surface area contributed by atoms with E-state index < -0.39 is 0 Å². The van der Waals surface area contributed by atoms with Crippen LogP contribution in [0.25, 0.3) is 11.4 Å². The summed E-state index contributed by atoms with van der Waals surface area (Å²) in [4.78, 5) is 42.2. The first-order valence-electron chi connectivity index (χ1n) is 8.05. The molecule has 0 aromatic carbocycles. The molecule has 0 spiro atoms. The minimum Gasteiger partial charge on any atom is -0.331 e. The van der Waals surface area contributed by atoms with Crippen LogP contribution >= 0.6 is 11.6 Å². The Labute approximate surface area is 153 Å². The quantitative estimate of drug-likeness (QED) is 0.748. The number of aromatic nitrogens is 4. The van der Waals surface area contributed by atoms with Crippen LogP contribution in [-0.4, -0.2) is 37.3 Å². The molecule has 26 heavy (non-hydrogen) atoms. The van der Waals surface area contributed by atoms with Gasteiger partial charge in [0.2, 0.25) is 0 Å². The highest BCUT2D eigenvalue weighted by molar-refractivity contribution is 6.30. The topological polar surface area (TPSA) is 91.8 Å². The Hall–Kier alpha value is -3.06. The Bertz CT molecular complexity index is 1020. The first-order chi connectivity index (χ1) is 12.6. The molecule has 7 nitrogen and oxygen atoms in total. The van der Waals surface area contributed by atoms with E-state index in [1.165, 1.54) is 6.20 Å². The second-order valence-electron chi connectivity index (χ2n) is 5.92. The third-order valence-corrected chi connectivity index (χ3v) is 4.47. The second kappa shape index (κ2) is 6.68. The largest absolute Gasteiger partial charge is 0.331 e.